The molecule has 4 rings (SSSR count). The van der Waals surface area contributed by atoms with Crippen molar-refractivity contribution >= 4 is 46.1 Å². The van der Waals surface area contributed by atoms with Crippen molar-refractivity contribution < 1.29 is 110 Å². The van der Waals surface area contributed by atoms with E-state index in [-0.39, 0.29) is 23.4 Å². The molecule has 534 valence electrons. The number of phenolic OH excluding ortho intramolecular Hbond substituents is 2. The Kier molecular flexibility index (Phi) is 48.7. The molecule has 0 bridgehead atoms. The molecule has 0 aliphatic heterocycles. The number of benzene rings is 3. The van der Waals surface area contributed by atoms with E-state index in [1.807, 2.05) is 45.0 Å². The molecule has 1 amide bonds. The van der Waals surface area contributed by atoms with E-state index in [0.717, 1.165) is 5.39 Å². The third kappa shape index (κ3) is 45.8. The van der Waals surface area contributed by atoms with Gasteiger partial charge in [-0.2, -0.15) is 15.0 Å². The Morgan fingerprint density at radius 1 is 0.351 bits per heavy atom. The molecule has 1 heterocycles. The summed E-state index contributed by atoms with van der Waals surface area (Å²) in [4.78, 5) is 25.1. The van der Waals surface area contributed by atoms with E-state index in [0.29, 0.717) is 287 Å². The second-order valence-corrected chi connectivity index (χ2v) is 20.8. The van der Waals surface area contributed by atoms with E-state index in [4.69, 9.17) is 94.7 Å². The van der Waals surface area contributed by atoms with E-state index < -0.39 is 11.7 Å². The average Bonchev–Trinajstić information content (AvgIpc) is 0.899. The molecule has 0 unspecified atom stereocenters. The van der Waals surface area contributed by atoms with Gasteiger partial charge in [-0.25, -0.2) is 4.79 Å². The summed E-state index contributed by atoms with van der Waals surface area (Å²) in [6.07, 6.45) is -0.460. The van der Waals surface area contributed by atoms with Gasteiger partial charge < -0.3 is 126 Å². The highest BCUT2D eigenvalue weighted by atomic mass is 16.6. The predicted octanol–water partition coefficient (Wildman–Crippen LogP) is 5.18. The van der Waals surface area contributed by atoms with Crippen molar-refractivity contribution in [1.29, 1.82) is 0 Å². The van der Waals surface area contributed by atoms with E-state index in [1.54, 1.807) is 36.4 Å². The summed E-state index contributed by atoms with van der Waals surface area (Å²) in [6.45, 7) is 23.6. The molecule has 6 N–H and O–H groups in total. The van der Waals surface area contributed by atoms with Gasteiger partial charge >= 0.3 is 6.09 Å². The van der Waals surface area contributed by atoms with Gasteiger partial charge in [-0.1, -0.05) is 30.3 Å². The molecule has 3 aromatic carbocycles. The highest BCUT2D eigenvalue weighted by Crippen LogP contribution is 2.32. The fourth-order valence-corrected chi connectivity index (χ4v) is 7.63. The highest BCUT2D eigenvalue weighted by Gasteiger charge is 2.16. The van der Waals surface area contributed by atoms with Gasteiger partial charge in [-0.05, 0) is 45.0 Å². The molecule has 30 nitrogen and oxygen atoms in total. The Balaban J connectivity index is 0.761. The maximum absolute atomic E-state index is 11.5. The van der Waals surface area contributed by atoms with Gasteiger partial charge in [0.2, 0.25) is 17.8 Å². The summed E-state index contributed by atoms with van der Waals surface area (Å²) in [5, 5.41) is 34.0. The zero-order valence-electron chi connectivity index (χ0n) is 55.4. The van der Waals surface area contributed by atoms with Gasteiger partial charge in [0.1, 0.15) is 17.1 Å². The van der Waals surface area contributed by atoms with Gasteiger partial charge in [0.05, 0.1) is 251 Å². The lowest BCUT2D eigenvalue weighted by Gasteiger charge is -2.19. The number of carbonyl (C=O) groups excluding carboxylic acids is 1. The largest absolute Gasteiger partial charge is 0.508 e. The SMILES string of the molecule is CC(C)(C)OC(=O)NCCOCCOCCOCCOCCOCCOCCOCCOCCOCCOCCOCCOCCOCCOCCOCCOCCOCCOCCOCCNc1nc(Nc2cccc(O)c2)nc(Nc2ccc(O)c3ccccc23)n1. The quantitative estimate of drug-likeness (QED) is 0.0245. The molecular formula is C64H105N7O23. The fourth-order valence-electron chi connectivity index (χ4n) is 7.63. The fraction of sp³-hybridized carbons (Fsp3) is 0.688. The monoisotopic (exact) mass is 1340 g/mol. The number of anilines is 5. The van der Waals surface area contributed by atoms with Gasteiger partial charge in [0.15, 0.2) is 0 Å². The average molecular weight is 1340 g/mol. The molecule has 30 heteroatoms. The first-order valence-electron chi connectivity index (χ1n) is 32.1. The number of nitrogens with zero attached hydrogens (tertiary/aromatic N) is 3. The number of ether oxygens (including phenoxy) is 20. The second-order valence-electron chi connectivity index (χ2n) is 20.8. The number of alkyl carbamates (subject to hydrolysis) is 1. The predicted molar refractivity (Wildman–Crippen MR) is 348 cm³/mol. The molecule has 0 aliphatic carbocycles. The number of nitrogens with one attached hydrogen (secondary N) is 4. The Hall–Kier alpha value is -5.56. The first-order chi connectivity index (χ1) is 46.2. The van der Waals surface area contributed by atoms with Crippen molar-refractivity contribution in [2.24, 2.45) is 0 Å². The number of amides is 1. The summed E-state index contributed by atoms with van der Waals surface area (Å²) in [5.74, 6) is 1.10. The summed E-state index contributed by atoms with van der Waals surface area (Å²) >= 11 is 0. The van der Waals surface area contributed by atoms with Crippen LogP contribution in [0.5, 0.6) is 11.5 Å². The van der Waals surface area contributed by atoms with Crippen LogP contribution in [-0.2, 0) is 94.7 Å². The maximum Gasteiger partial charge on any atom is 0.407 e. The summed E-state index contributed by atoms with van der Waals surface area (Å²) in [7, 11) is 0. The van der Waals surface area contributed by atoms with Crippen LogP contribution in [0.1, 0.15) is 20.8 Å². The van der Waals surface area contributed by atoms with Crippen molar-refractivity contribution in [3.63, 3.8) is 0 Å². The highest BCUT2D eigenvalue weighted by molar-refractivity contribution is 5.98. The van der Waals surface area contributed by atoms with Gasteiger partial charge in [-0.3, -0.25) is 0 Å². The van der Waals surface area contributed by atoms with Crippen molar-refractivity contribution in [1.82, 2.24) is 20.3 Å². The third-order valence-corrected chi connectivity index (χ3v) is 12.0. The molecule has 0 spiro atoms. The molecule has 0 fully saturated rings. The number of phenols is 2. The molecule has 0 atom stereocenters. The Labute approximate surface area is 553 Å². The number of carbonyl (C=O) groups is 1. The molecule has 0 saturated heterocycles. The molecule has 4 aromatic rings. The van der Waals surface area contributed by atoms with E-state index in [2.05, 4.69) is 36.2 Å². The van der Waals surface area contributed by atoms with Crippen molar-refractivity contribution in [3.05, 3.63) is 60.7 Å². The minimum absolute atomic E-state index is 0.100. The number of rotatable bonds is 65. The van der Waals surface area contributed by atoms with Gasteiger partial charge in [0, 0.05) is 41.3 Å². The molecular weight excluding hydrogens is 1230 g/mol. The molecule has 0 aliphatic rings. The number of aromatic hydroxyl groups is 2. The third-order valence-electron chi connectivity index (χ3n) is 12.0. The number of fused-ring (bicyclic) bond motifs is 1. The first kappa shape index (κ1) is 80.9. The van der Waals surface area contributed by atoms with Crippen molar-refractivity contribution in [3.8, 4) is 11.5 Å². The Morgan fingerprint density at radius 3 is 1.00 bits per heavy atom. The maximum atomic E-state index is 11.5. The lowest BCUT2D eigenvalue weighted by atomic mass is 10.1. The van der Waals surface area contributed by atoms with E-state index >= 15 is 0 Å². The summed E-state index contributed by atoms with van der Waals surface area (Å²) < 4.78 is 110. The Morgan fingerprint density at radius 2 is 0.660 bits per heavy atom. The van der Waals surface area contributed by atoms with E-state index in [9.17, 15) is 15.0 Å². The second kappa shape index (κ2) is 56.6. The zero-order valence-corrected chi connectivity index (χ0v) is 55.4. The normalized spacial score (nSPS) is 11.6. The number of aromatic nitrogens is 3. The number of hydrogen-bond donors (Lipinski definition) is 6. The topological polar surface area (TPSA) is 329 Å². The molecule has 0 saturated carbocycles. The van der Waals surface area contributed by atoms with Crippen molar-refractivity contribution in [2.75, 3.05) is 280 Å². The van der Waals surface area contributed by atoms with E-state index in [1.165, 1.54) is 0 Å². The minimum atomic E-state index is -0.524. The van der Waals surface area contributed by atoms with Gasteiger partial charge in [0.25, 0.3) is 0 Å². The van der Waals surface area contributed by atoms with Crippen LogP contribution in [0.4, 0.5) is 34.0 Å². The Bertz CT molecular complexity index is 2440. The standard InChI is InChI=1S/C64H105N7O23/c1-64(2,3)94-63(74)66-14-16-76-18-20-78-22-24-80-26-28-82-30-32-84-34-36-86-38-40-88-42-44-90-46-48-92-50-52-93-51-49-91-47-45-89-43-41-87-39-37-85-35-33-83-31-29-81-27-25-79-23-21-77-19-17-75-15-13-65-60-69-61(67-54-7-6-8-55(72)53-54)71-62(70-60)68-58-11-12-59(73)57-10-5-4-9-56(57)58/h4-12,53,72-73H,13-52H2,1-3H3,(H,66,74)(H3,65,67,68,69,70,71). The van der Waals surface area contributed by atoms with Crippen LogP contribution in [0.25, 0.3) is 10.8 Å². The summed E-state index contributed by atoms with van der Waals surface area (Å²) in [6, 6.07) is 17.5. The van der Waals surface area contributed by atoms with Crippen LogP contribution in [0.3, 0.4) is 0 Å². The van der Waals surface area contributed by atoms with Gasteiger partial charge in [-0.15, -0.1) is 0 Å². The lowest BCUT2D eigenvalue weighted by Crippen LogP contribution is -2.34. The first-order valence-corrected chi connectivity index (χ1v) is 32.1. The van der Waals surface area contributed by atoms with Crippen LogP contribution in [0, 0.1) is 0 Å². The van der Waals surface area contributed by atoms with Crippen LogP contribution < -0.4 is 21.3 Å². The molecule has 0 radical (unpaired) electrons. The van der Waals surface area contributed by atoms with Crippen LogP contribution in [0.2, 0.25) is 0 Å². The van der Waals surface area contributed by atoms with Crippen molar-refractivity contribution in [2.45, 2.75) is 26.4 Å². The van der Waals surface area contributed by atoms with Crippen LogP contribution in [-0.4, -0.2) is 301 Å². The summed E-state index contributed by atoms with van der Waals surface area (Å²) in [5.41, 5.74) is 0.779. The number of hydrogen-bond acceptors (Lipinski definition) is 29. The van der Waals surface area contributed by atoms with Crippen LogP contribution in [0.15, 0.2) is 60.7 Å². The zero-order chi connectivity index (χ0) is 66.7. The molecule has 1 aromatic heterocycles. The minimum Gasteiger partial charge on any atom is -0.508 e. The smallest absolute Gasteiger partial charge is 0.407 e. The molecule has 94 heavy (non-hydrogen) atoms. The lowest BCUT2D eigenvalue weighted by molar-refractivity contribution is -0.0312. The van der Waals surface area contributed by atoms with Crippen LogP contribution >= 0.6 is 0 Å².